The molecule has 1 aliphatic heterocycles. The third kappa shape index (κ3) is 3.67. The summed E-state index contributed by atoms with van der Waals surface area (Å²) in [5.41, 5.74) is -0.107. The molecule has 0 radical (unpaired) electrons. The van der Waals surface area contributed by atoms with Crippen LogP contribution < -0.4 is 5.32 Å². The van der Waals surface area contributed by atoms with E-state index in [1.807, 2.05) is 11.8 Å². The maximum absolute atomic E-state index is 9.31. The molecule has 0 amide bonds. The highest BCUT2D eigenvalue weighted by atomic mass is 32.2. The van der Waals surface area contributed by atoms with E-state index in [-0.39, 0.29) is 11.0 Å². The summed E-state index contributed by atoms with van der Waals surface area (Å²) in [7, 11) is 1.68. The Kier molecular flexibility index (Phi) is 4.45. The van der Waals surface area contributed by atoms with Gasteiger partial charge in [-0.05, 0) is 17.6 Å². The fourth-order valence-electron chi connectivity index (χ4n) is 2.04. The number of thioether (sulfide) groups is 1. The van der Waals surface area contributed by atoms with E-state index in [0.29, 0.717) is 6.61 Å². The molecule has 1 saturated heterocycles. The minimum atomic E-state index is -0.356. The molecule has 0 bridgehead atoms. The van der Waals surface area contributed by atoms with Crippen molar-refractivity contribution in [3.05, 3.63) is 0 Å². The number of nitriles is 1. The van der Waals surface area contributed by atoms with Crippen molar-refractivity contribution in [3.63, 3.8) is 0 Å². The van der Waals surface area contributed by atoms with E-state index in [2.05, 4.69) is 25.2 Å². The summed E-state index contributed by atoms with van der Waals surface area (Å²) >= 11 is 1.87. The molecule has 1 unspecified atom stereocenters. The lowest BCUT2D eigenvalue weighted by molar-refractivity contribution is 0.183. The number of nitrogens with zero attached hydrogens (tertiary/aromatic N) is 1. The Morgan fingerprint density at radius 1 is 1.47 bits per heavy atom. The first kappa shape index (κ1) is 12.8. The second-order valence-electron chi connectivity index (χ2n) is 4.95. The smallest absolute Gasteiger partial charge is 0.116 e. The molecule has 1 rings (SSSR count). The van der Waals surface area contributed by atoms with Crippen LogP contribution in [0.25, 0.3) is 0 Å². The monoisotopic (exact) mass is 228 g/mol. The van der Waals surface area contributed by atoms with Crippen molar-refractivity contribution in [1.29, 1.82) is 5.26 Å². The van der Waals surface area contributed by atoms with E-state index in [1.54, 1.807) is 7.11 Å². The third-order valence-electron chi connectivity index (χ3n) is 2.61. The van der Waals surface area contributed by atoms with Crippen LogP contribution in [0, 0.1) is 16.7 Å². The Bertz CT molecular complexity index is 249. The van der Waals surface area contributed by atoms with Gasteiger partial charge in [-0.15, -0.1) is 0 Å². The number of rotatable bonds is 4. The van der Waals surface area contributed by atoms with Gasteiger partial charge >= 0.3 is 0 Å². The fraction of sp³-hybridized carbons (Fsp3) is 0.909. The van der Waals surface area contributed by atoms with Crippen LogP contribution in [0.15, 0.2) is 0 Å². The van der Waals surface area contributed by atoms with Gasteiger partial charge in [-0.2, -0.15) is 17.0 Å². The summed E-state index contributed by atoms with van der Waals surface area (Å²) in [5.74, 6) is 2.03. The summed E-state index contributed by atoms with van der Waals surface area (Å²) in [5, 5.41) is 12.6. The first-order valence-electron chi connectivity index (χ1n) is 5.27. The quantitative estimate of drug-likeness (QED) is 0.743. The highest BCUT2D eigenvalue weighted by molar-refractivity contribution is 7.99. The third-order valence-corrected chi connectivity index (χ3v) is 4.29. The number of nitrogens with one attached hydrogen (secondary N) is 1. The molecule has 1 heterocycles. The molecule has 15 heavy (non-hydrogen) atoms. The van der Waals surface area contributed by atoms with Gasteiger partial charge in [0.2, 0.25) is 0 Å². The molecule has 3 nitrogen and oxygen atoms in total. The Balaban J connectivity index is 2.56. The van der Waals surface area contributed by atoms with Crippen LogP contribution in [-0.2, 0) is 4.74 Å². The molecule has 1 aliphatic rings. The molecule has 0 aromatic heterocycles. The number of ether oxygens (including phenoxy) is 1. The van der Waals surface area contributed by atoms with Gasteiger partial charge in [0.05, 0.1) is 12.7 Å². The Morgan fingerprint density at radius 3 is 2.73 bits per heavy atom. The van der Waals surface area contributed by atoms with E-state index < -0.39 is 0 Å². The van der Waals surface area contributed by atoms with Crippen molar-refractivity contribution in [3.8, 4) is 6.07 Å². The molecule has 1 fully saturated rings. The summed E-state index contributed by atoms with van der Waals surface area (Å²) < 4.78 is 5.00. The van der Waals surface area contributed by atoms with Gasteiger partial charge in [-0.3, -0.25) is 5.32 Å². The second kappa shape index (κ2) is 5.20. The second-order valence-corrected chi connectivity index (χ2v) is 5.93. The van der Waals surface area contributed by atoms with E-state index >= 15 is 0 Å². The van der Waals surface area contributed by atoms with Gasteiger partial charge in [0.1, 0.15) is 5.54 Å². The zero-order valence-corrected chi connectivity index (χ0v) is 10.6. The zero-order chi connectivity index (χ0) is 11.4. The Hall–Kier alpha value is -0.240. The first-order valence-corrected chi connectivity index (χ1v) is 6.42. The lowest BCUT2D eigenvalue weighted by Crippen LogP contribution is -2.53. The van der Waals surface area contributed by atoms with E-state index in [0.717, 1.165) is 24.5 Å². The van der Waals surface area contributed by atoms with Gasteiger partial charge in [0.25, 0.3) is 0 Å². The minimum Gasteiger partial charge on any atom is -0.383 e. The number of methoxy groups -OCH3 is 1. The van der Waals surface area contributed by atoms with E-state index in [4.69, 9.17) is 4.74 Å². The highest BCUT2D eigenvalue weighted by Crippen LogP contribution is 2.38. The molecule has 1 atom stereocenters. The molecule has 0 aliphatic carbocycles. The molecule has 0 aromatic rings. The summed E-state index contributed by atoms with van der Waals surface area (Å²) in [6.45, 7) is 5.86. The van der Waals surface area contributed by atoms with Crippen molar-refractivity contribution < 1.29 is 4.74 Å². The average Bonchev–Trinajstić information content (AvgIpc) is 2.17. The van der Waals surface area contributed by atoms with Crippen LogP contribution in [0.1, 0.15) is 20.3 Å². The first-order chi connectivity index (χ1) is 7.04. The maximum atomic E-state index is 9.31. The van der Waals surface area contributed by atoms with Gasteiger partial charge in [-0.25, -0.2) is 0 Å². The van der Waals surface area contributed by atoms with Crippen molar-refractivity contribution in [2.45, 2.75) is 25.8 Å². The number of hydrogen-bond acceptors (Lipinski definition) is 4. The lowest BCUT2D eigenvalue weighted by Gasteiger charge is -2.40. The van der Waals surface area contributed by atoms with Crippen molar-refractivity contribution in [2.75, 3.05) is 31.8 Å². The van der Waals surface area contributed by atoms with Crippen molar-refractivity contribution >= 4 is 11.8 Å². The van der Waals surface area contributed by atoms with Crippen LogP contribution in [0.2, 0.25) is 0 Å². The largest absolute Gasteiger partial charge is 0.383 e. The van der Waals surface area contributed by atoms with Gasteiger partial charge in [-0.1, -0.05) is 13.8 Å². The standard InChI is InChI=1S/C11H20N2OS/c1-10(2)6-11(7-12,9-15-8-10)13-4-5-14-3/h13H,4-6,8-9H2,1-3H3. The fourth-order valence-corrected chi connectivity index (χ4v) is 3.41. The van der Waals surface area contributed by atoms with E-state index in [9.17, 15) is 5.26 Å². The molecular formula is C11H20N2OS. The van der Waals surface area contributed by atoms with Gasteiger partial charge in [0, 0.05) is 19.4 Å². The lowest BCUT2D eigenvalue weighted by atomic mass is 9.80. The van der Waals surface area contributed by atoms with Crippen LogP contribution in [0.4, 0.5) is 0 Å². The molecular weight excluding hydrogens is 208 g/mol. The predicted molar refractivity (Wildman–Crippen MR) is 63.9 cm³/mol. The molecule has 86 valence electrons. The Labute approximate surface area is 96.6 Å². The van der Waals surface area contributed by atoms with Crippen LogP contribution in [-0.4, -0.2) is 37.3 Å². The van der Waals surface area contributed by atoms with Crippen molar-refractivity contribution in [2.24, 2.45) is 5.41 Å². The average molecular weight is 228 g/mol. The summed E-state index contributed by atoms with van der Waals surface area (Å²) in [4.78, 5) is 0. The normalized spacial score (nSPS) is 29.7. The zero-order valence-electron chi connectivity index (χ0n) is 9.80. The molecule has 0 saturated carbocycles. The predicted octanol–water partition coefficient (Wildman–Crippen LogP) is 1.65. The highest BCUT2D eigenvalue weighted by Gasteiger charge is 2.40. The van der Waals surface area contributed by atoms with Crippen LogP contribution in [0.3, 0.4) is 0 Å². The molecule has 4 heteroatoms. The van der Waals surface area contributed by atoms with Gasteiger partial charge in [0.15, 0.2) is 0 Å². The Morgan fingerprint density at radius 2 is 2.20 bits per heavy atom. The van der Waals surface area contributed by atoms with Crippen LogP contribution >= 0.6 is 11.8 Å². The van der Waals surface area contributed by atoms with Crippen molar-refractivity contribution in [1.82, 2.24) is 5.32 Å². The minimum absolute atomic E-state index is 0.249. The topological polar surface area (TPSA) is 45.0 Å². The maximum Gasteiger partial charge on any atom is 0.116 e. The molecule has 0 spiro atoms. The summed E-state index contributed by atoms with van der Waals surface area (Å²) in [6, 6.07) is 2.44. The summed E-state index contributed by atoms with van der Waals surface area (Å²) in [6.07, 6.45) is 0.924. The van der Waals surface area contributed by atoms with E-state index in [1.165, 1.54) is 0 Å². The molecule has 1 N–H and O–H groups in total. The van der Waals surface area contributed by atoms with Crippen LogP contribution in [0.5, 0.6) is 0 Å². The number of hydrogen-bond donors (Lipinski definition) is 1. The van der Waals surface area contributed by atoms with Gasteiger partial charge < -0.3 is 4.74 Å². The molecule has 0 aromatic carbocycles. The SMILES string of the molecule is COCCNC1(C#N)CSCC(C)(C)C1.